The first-order chi connectivity index (χ1) is 18.0. The summed E-state index contributed by atoms with van der Waals surface area (Å²) in [7, 11) is 0. The fourth-order valence-electron chi connectivity index (χ4n) is 5.95. The zero-order valence-corrected chi connectivity index (χ0v) is 21.2. The van der Waals surface area contributed by atoms with Crippen LogP contribution < -0.4 is 5.73 Å². The average molecular weight is 518 g/mol. The van der Waals surface area contributed by atoms with E-state index in [0.717, 1.165) is 41.1 Å². The molecule has 4 aromatic heterocycles. The number of aromatic nitrogens is 5. The minimum atomic E-state index is -0.488. The number of aliphatic hydroxyl groups excluding tert-OH is 1. The van der Waals surface area contributed by atoms with E-state index >= 15 is 0 Å². The van der Waals surface area contributed by atoms with Gasteiger partial charge in [0.25, 0.3) is 0 Å². The number of ketones is 1. The summed E-state index contributed by atoms with van der Waals surface area (Å²) in [6, 6.07) is 3.89. The van der Waals surface area contributed by atoms with Gasteiger partial charge in [0, 0.05) is 47.4 Å². The van der Waals surface area contributed by atoms with Gasteiger partial charge < -0.3 is 15.7 Å². The Kier molecular flexibility index (Phi) is 5.96. The van der Waals surface area contributed by atoms with E-state index in [1.165, 1.54) is 22.8 Å². The van der Waals surface area contributed by atoms with Crippen LogP contribution in [0, 0.1) is 5.92 Å². The molecule has 1 amide bonds. The van der Waals surface area contributed by atoms with Crippen LogP contribution in [0.1, 0.15) is 54.6 Å². The number of nitrogens with zero attached hydrogens (tertiary/aromatic N) is 6. The van der Waals surface area contributed by atoms with E-state index in [0.29, 0.717) is 29.9 Å². The molecule has 3 aliphatic rings. The number of amides is 1. The van der Waals surface area contributed by atoms with E-state index < -0.39 is 6.61 Å². The second-order valence-corrected chi connectivity index (χ2v) is 10.7. The summed E-state index contributed by atoms with van der Waals surface area (Å²) in [6.45, 7) is 1.57. The van der Waals surface area contributed by atoms with Gasteiger partial charge in [0.15, 0.2) is 11.4 Å². The van der Waals surface area contributed by atoms with E-state index in [1.807, 2.05) is 22.4 Å². The molecule has 2 bridgehead atoms. The number of Topliss-reactive ketones (excluding diaryl/α,β-unsaturated/α-hetero) is 1. The van der Waals surface area contributed by atoms with E-state index in [9.17, 15) is 14.7 Å². The molecule has 2 saturated heterocycles. The van der Waals surface area contributed by atoms with Crippen molar-refractivity contribution in [3.63, 3.8) is 0 Å². The molecule has 4 aromatic rings. The molecular formula is C26H27N7O3S. The Labute approximate surface area is 217 Å². The number of aliphatic hydroxyl groups is 1. The lowest BCUT2D eigenvalue weighted by molar-refractivity contribution is -0.139. The minimum Gasteiger partial charge on any atom is -0.387 e. The van der Waals surface area contributed by atoms with Crippen molar-refractivity contribution < 1.29 is 14.7 Å². The van der Waals surface area contributed by atoms with Crippen LogP contribution in [0.15, 0.2) is 36.1 Å². The summed E-state index contributed by atoms with van der Waals surface area (Å²) < 4.78 is 1.53. The molecule has 3 unspecified atom stereocenters. The van der Waals surface area contributed by atoms with Gasteiger partial charge in [-0.1, -0.05) is 12.5 Å². The number of hydrogen-bond acceptors (Lipinski definition) is 9. The minimum absolute atomic E-state index is 0.00875. The Balaban J connectivity index is 1.44. The highest BCUT2D eigenvalue weighted by atomic mass is 32.1. The third-order valence-corrected chi connectivity index (χ3v) is 8.47. The molecule has 1 aliphatic carbocycles. The van der Waals surface area contributed by atoms with Crippen LogP contribution in [0.2, 0.25) is 0 Å². The summed E-state index contributed by atoms with van der Waals surface area (Å²) >= 11 is 1.53. The van der Waals surface area contributed by atoms with Crippen LogP contribution in [0.4, 0.5) is 5.82 Å². The van der Waals surface area contributed by atoms with Gasteiger partial charge in [0.2, 0.25) is 5.91 Å². The first-order valence-corrected chi connectivity index (χ1v) is 13.3. The molecule has 7 rings (SSSR count). The van der Waals surface area contributed by atoms with Crippen molar-refractivity contribution in [1.29, 1.82) is 0 Å². The normalized spacial score (nSPS) is 21.4. The maximum Gasteiger partial charge on any atom is 0.248 e. The topological polar surface area (TPSA) is 140 Å². The van der Waals surface area contributed by atoms with Crippen molar-refractivity contribution in [3.05, 3.63) is 47.4 Å². The summed E-state index contributed by atoms with van der Waals surface area (Å²) in [5.74, 6) is -0.00916. The number of anilines is 1. The van der Waals surface area contributed by atoms with Crippen molar-refractivity contribution in [2.75, 3.05) is 18.9 Å². The fraction of sp³-hybridized carbons (Fsp3) is 0.385. The molecule has 2 aliphatic heterocycles. The number of nitrogens with two attached hydrogens (primary N) is 1. The summed E-state index contributed by atoms with van der Waals surface area (Å²) in [5, 5.41) is 16.7. The van der Waals surface area contributed by atoms with E-state index in [2.05, 4.69) is 15.1 Å². The van der Waals surface area contributed by atoms with Crippen LogP contribution in [0.3, 0.4) is 0 Å². The Morgan fingerprint density at radius 3 is 2.78 bits per heavy atom. The second kappa shape index (κ2) is 9.31. The highest BCUT2D eigenvalue weighted by Gasteiger charge is 2.42. The second-order valence-electron chi connectivity index (χ2n) is 9.77. The van der Waals surface area contributed by atoms with Crippen LogP contribution >= 0.6 is 11.3 Å². The molecule has 11 heteroatoms. The van der Waals surface area contributed by atoms with Crippen LogP contribution in [0.25, 0.3) is 27.5 Å². The first-order valence-electron chi connectivity index (χ1n) is 12.4. The predicted molar refractivity (Wildman–Crippen MR) is 139 cm³/mol. The van der Waals surface area contributed by atoms with Crippen LogP contribution in [-0.2, 0) is 4.79 Å². The van der Waals surface area contributed by atoms with Gasteiger partial charge in [0.05, 0.1) is 23.1 Å². The molecule has 0 aromatic carbocycles. The molecule has 0 radical (unpaired) electrons. The summed E-state index contributed by atoms with van der Waals surface area (Å²) in [5.41, 5.74) is 10.6. The van der Waals surface area contributed by atoms with Gasteiger partial charge in [0.1, 0.15) is 17.4 Å². The van der Waals surface area contributed by atoms with Gasteiger partial charge in [-0.05, 0) is 38.2 Å². The highest BCUT2D eigenvalue weighted by molar-refractivity contribution is 7.13. The number of nitrogen functional groups attached to an aromatic ring is 1. The number of piperidine rings is 1. The molecule has 1 saturated carbocycles. The van der Waals surface area contributed by atoms with Gasteiger partial charge >= 0.3 is 0 Å². The maximum absolute atomic E-state index is 12.8. The van der Waals surface area contributed by atoms with Crippen molar-refractivity contribution in [2.45, 2.75) is 44.6 Å². The third kappa shape index (κ3) is 3.98. The lowest BCUT2D eigenvalue weighted by Gasteiger charge is -2.41. The lowest BCUT2D eigenvalue weighted by Crippen LogP contribution is -2.49. The van der Waals surface area contributed by atoms with Gasteiger partial charge in [-0.25, -0.2) is 9.97 Å². The van der Waals surface area contributed by atoms with Crippen molar-refractivity contribution in [3.8, 4) is 21.8 Å². The van der Waals surface area contributed by atoms with Gasteiger partial charge in [-0.2, -0.15) is 9.61 Å². The summed E-state index contributed by atoms with van der Waals surface area (Å²) in [6.07, 6.45) is 8.70. The molecule has 0 spiro atoms. The first kappa shape index (κ1) is 23.7. The van der Waals surface area contributed by atoms with E-state index in [1.54, 1.807) is 18.6 Å². The number of fused-ring (bicyclic) bond motifs is 5. The van der Waals surface area contributed by atoms with Crippen molar-refractivity contribution in [1.82, 2.24) is 29.5 Å². The van der Waals surface area contributed by atoms with Crippen molar-refractivity contribution in [2.24, 2.45) is 5.92 Å². The monoisotopic (exact) mass is 517 g/mol. The molecule has 3 fully saturated rings. The smallest absolute Gasteiger partial charge is 0.248 e. The summed E-state index contributed by atoms with van der Waals surface area (Å²) in [4.78, 5) is 41.0. The largest absolute Gasteiger partial charge is 0.387 e. The average Bonchev–Trinajstić information content (AvgIpc) is 3.50. The van der Waals surface area contributed by atoms with Gasteiger partial charge in [-0.3, -0.25) is 14.6 Å². The molecule has 6 heterocycles. The zero-order valence-electron chi connectivity index (χ0n) is 20.4. The van der Waals surface area contributed by atoms with E-state index in [4.69, 9.17) is 10.7 Å². The Morgan fingerprint density at radius 1 is 1.22 bits per heavy atom. The molecule has 37 heavy (non-hydrogen) atoms. The lowest BCUT2D eigenvalue weighted by atomic mass is 9.78. The predicted octanol–water partition coefficient (Wildman–Crippen LogP) is 3.18. The Bertz CT molecular complexity index is 1480. The number of thiazole rings is 1. The molecule has 3 N–H and O–H groups in total. The highest BCUT2D eigenvalue weighted by Crippen LogP contribution is 2.45. The number of carbonyl (C=O) groups excluding carboxylic acids is 2. The number of hydrogen-bond donors (Lipinski definition) is 2. The number of pyridine rings is 1. The molecule has 3 atom stereocenters. The van der Waals surface area contributed by atoms with Crippen molar-refractivity contribution >= 4 is 34.5 Å². The van der Waals surface area contributed by atoms with Crippen LogP contribution in [0.5, 0.6) is 0 Å². The third-order valence-electron chi connectivity index (χ3n) is 7.67. The van der Waals surface area contributed by atoms with E-state index in [-0.39, 0.29) is 35.4 Å². The van der Waals surface area contributed by atoms with Crippen LogP contribution in [-0.4, -0.2) is 65.5 Å². The van der Waals surface area contributed by atoms with Gasteiger partial charge in [-0.15, -0.1) is 11.3 Å². The number of carbonyl (C=O) groups is 2. The fourth-order valence-corrected chi connectivity index (χ4v) is 6.56. The Hall–Kier alpha value is -3.70. The quantitative estimate of drug-likeness (QED) is 0.385. The Morgan fingerprint density at radius 2 is 2.08 bits per heavy atom. The molecular weight excluding hydrogens is 490 g/mol. The maximum atomic E-state index is 12.8. The molecule has 190 valence electrons. The number of rotatable bonds is 5. The zero-order chi connectivity index (χ0) is 25.7. The molecule has 10 nitrogen and oxygen atoms in total. The SMILES string of the molecule is CC(=O)c1c(C2CC3CCCC2CN3C(=O)CO)nc2c(-c3ccc(-c4nccs4)nc3)cnn2c1N. The standard InChI is InChI=1S/C26H27N7O3S/c1-14(35)22-23(18-9-17-4-2-3-16(18)12-32(17)21(36)13-34)31-25-19(11-30-33(25)24(22)27)15-5-6-20(29-10-15)26-28-7-8-37-26/h5-8,10-11,16-18,34H,2-4,9,12-13,27H2,1H3.